The zero-order valence-electron chi connectivity index (χ0n) is 8.04. The first-order chi connectivity index (χ1) is 6.34. The van der Waals surface area contributed by atoms with Gasteiger partial charge in [-0.1, -0.05) is 0 Å². The van der Waals surface area contributed by atoms with Crippen LogP contribution in [-0.4, -0.2) is 36.5 Å². The molecule has 76 valence electrons. The fourth-order valence-electron chi connectivity index (χ4n) is 2.07. The van der Waals surface area contributed by atoms with Crippen molar-refractivity contribution >= 4 is 0 Å². The van der Waals surface area contributed by atoms with Crippen LogP contribution in [0.25, 0.3) is 0 Å². The first-order valence-corrected chi connectivity index (χ1v) is 5.37. The lowest BCUT2D eigenvalue weighted by atomic mass is 9.89. The van der Waals surface area contributed by atoms with E-state index in [4.69, 9.17) is 9.84 Å². The third kappa shape index (κ3) is 2.66. The number of hydrogen-bond donors (Lipinski definition) is 2. The topological polar surface area (TPSA) is 41.5 Å². The molecule has 3 heteroatoms. The van der Waals surface area contributed by atoms with E-state index in [-0.39, 0.29) is 6.10 Å². The van der Waals surface area contributed by atoms with Gasteiger partial charge in [-0.25, -0.2) is 0 Å². The van der Waals surface area contributed by atoms with Crippen molar-refractivity contribution < 1.29 is 9.84 Å². The molecule has 2 fully saturated rings. The summed E-state index contributed by atoms with van der Waals surface area (Å²) >= 11 is 0. The summed E-state index contributed by atoms with van der Waals surface area (Å²) in [5.41, 5.74) is 0. The van der Waals surface area contributed by atoms with Crippen LogP contribution in [0, 0.1) is 0 Å². The van der Waals surface area contributed by atoms with Crippen molar-refractivity contribution in [3.8, 4) is 0 Å². The molecule has 0 spiro atoms. The van der Waals surface area contributed by atoms with Gasteiger partial charge in [-0.05, 0) is 38.6 Å². The summed E-state index contributed by atoms with van der Waals surface area (Å²) < 4.78 is 5.52. The van der Waals surface area contributed by atoms with Crippen molar-refractivity contribution in [2.24, 2.45) is 0 Å². The Labute approximate surface area is 79.5 Å². The normalized spacial score (nSPS) is 39.0. The number of hydrogen-bond acceptors (Lipinski definition) is 3. The molecule has 0 radical (unpaired) electrons. The highest BCUT2D eigenvalue weighted by Crippen LogP contribution is 2.20. The van der Waals surface area contributed by atoms with Gasteiger partial charge in [-0.3, -0.25) is 0 Å². The smallest absolute Gasteiger partial charge is 0.0588 e. The summed E-state index contributed by atoms with van der Waals surface area (Å²) in [6.45, 7) is 1.99. The molecule has 0 amide bonds. The molecule has 1 unspecified atom stereocenters. The Morgan fingerprint density at radius 2 is 2.23 bits per heavy atom. The maximum Gasteiger partial charge on any atom is 0.0588 e. The van der Waals surface area contributed by atoms with Gasteiger partial charge in [-0.15, -0.1) is 0 Å². The van der Waals surface area contributed by atoms with E-state index in [1.54, 1.807) is 0 Å². The van der Waals surface area contributed by atoms with Crippen LogP contribution < -0.4 is 5.32 Å². The Morgan fingerprint density at radius 3 is 2.85 bits per heavy atom. The largest absolute Gasteiger partial charge is 0.393 e. The maximum absolute atomic E-state index is 9.06. The van der Waals surface area contributed by atoms with E-state index < -0.39 is 0 Å². The van der Waals surface area contributed by atoms with Gasteiger partial charge in [0.05, 0.1) is 12.2 Å². The maximum atomic E-state index is 9.06. The van der Waals surface area contributed by atoms with Crippen molar-refractivity contribution in [2.45, 2.75) is 50.4 Å². The zero-order chi connectivity index (χ0) is 9.10. The van der Waals surface area contributed by atoms with E-state index in [0.29, 0.717) is 12.1 Å². The minimum absolute atomic E-state index is 0.0415. The highest BCUT2D eigenvalue weighted by atomic mass is 16.5. The molecule has 0 bridgehead atoms. The number of rotatable bonds is 4. The van der Waals surface area contributed by atoms with Crippen molar-refractivity contribution in [1.82, 2.24) is 5.32 Å². The molecule has 13 heavy (non-hydrogen) atoms. The molecule has 0 aromatic rings. The van der Waals surface area contributed by atoms with Gasteiger partial charge in [0.15, 0.2) is 0 Å². The molecule has 1 aliphatic carbocycles. The highest BCUT2D eigenvalue weighted by molar-refractivity contribution is 4.84. The van der Waals surface area contributed by atoms with E-state index in [1.165, 1.54) is 12.8 Å². The van der Waals surface area contributed by atoms with Crippen LogP contribution in [0.3, 0.4) is 0 Å². The fourth-order valence-corrected chi connectivity index (χ4v) is 2.07. The van der Waals surface area contributed by atoms with Crippen molar-refractivity contribution in [1.29, 1.82) is 0 Å². The molecular formula is C10H19NO2. The van der Waals surface area contributed by atoms with Gasteiger partial charge in [0.1, 0.15) is 0 Å². The second-order valence-electron chi connectivity index (χ2n) is 4.20. The zero-order valence-corrected chi connectivity index (χ0v) is 8.04. The van der Waals surface area contributed by atoms with E-state index in [2.05, 4.69) is 5.32 Å². The molecule has 3 nitrogen and oxygen atoms in total. The number of ether oxygens (including phenoxy) is 1. The van der Waals surface area contributed by atoms with Crippen LogP contribution in [-0.2, 0) is 4.74 Å². The molecule has 1 heterocycles. The Bertz CT molecular complexity index is 151. The van der Waals surface area contributed by atoms with Crippen molar-refractivity contribution in [3.63, 3.8) is 0 Å². The Kier molecular flexibility index (Phi) is 3.19. The molecule has 0 aromatic heterocycles. The standard InChI is InChI=1S/C10H19NO2/c12-9-6-8(7-9)11-4-3-10-2-1-5-13-10/h8-12H,1-7H2. The van der Waals surface area contributed by atoms with E-state index in [9.17, 15) is 0 Å². The van der Waals surface area contributed by atoms with Crippen LogP contribution in [0.15, 0.2) is 0 Å². The lowest BCUT2D eigenvalue weighted by molar-refractivity contribution is 0.0583. The molecule has 1 saturated carbocycles. The average Bonchev–Trinajstić information content (AvgIpc) is 2.53. The van der Waals surface area contributed by atoms with Crippen LogP contribution in [0.5, 0.6) is 0 Å². The molecule has 1 aliphatic heterocycles. The molecule has 1 atom stereocenters. The number of aliphatic hydroxyl groups is 1. The SMILES string of the molecule is OC1CC(NCCC2CCCO2)C1. The summed E-state index contributed by atoms with van der Waals surface area (Å²) in [5.74, 6) is 0. The predicted octanol–water partition coefficient (Wildman–Crippen LogP) is 0.668. The summed E-state index contributed by atoms with van der Waals surface area (Å²) in [6.07, 6.45) is 5.92. The van der Waals surface area contributed by atoms with Gasteiger partial charge in [0, 0.05) is 12.6 Å². The quantitative estimate of drug-likeness (QED) is 0.676. The second-order valence-corrected chi connectivity index (χ2v) is 4.20. The summed E-state index contributed by atoms with van der Waals surface area (Å²) in [7, 11) is 0. The molecule has 2 aliphatic rings. The Morgan fingerprint density at radius 1 is 1.38 bits per heavy atom. The van der Waals surface area contributed by atoms with Crippen LogP contribution in [0.1, 0.15) is 32.1 Å². The average molecular weight is 185 g/mol. The summed E-state index contributed by atoms with van der Waals surface area (Å²) in [6, 6.07) is 0.566. The first kappa shape index (κ1) is 9.44. The predicted molar refractivity (Wildman–Crippen MR) is 50.6 cm³/mol. The molecule has 1 saturated heterocycles. The Balaban J connectivity index is 1.49. The minimum Gasteiger partial charge on any atom is -0.393 e. The third-order valence-electron chi connectivity index (χ3n) is 3.04. The molecule has 2 N–H and O–H groups in total. The van der Waals surface area contributed by atoms with Gasteiger partial charge < -0.3 is 15.2 Å². The molecule has 0 aromatic carbocycles. The van der Waals surface area contributed by atoms with Crippen molar-refractivity contribution in [2.75, 3.05) is 13.2 Å². The lowest BCUT2D eigenvalue weighted by Gasteiger charge is -2.32. The summed E-state index contributed by atoms with van der Waals surface area (Å²) in [5, 5.41) is 12.5. The first-order valence-electron chi connectivity index (χ1n) is 5.37. The molecule has 2 rings (SSSR count). The van der Waals surface area contributed by atoms with Gasteiger partial charge in [-0.2, -0.15) is 0 Å². The third-order valence-corrected chi connectivity index (χ3v) is 3.04. The second kappa shape index (κ2) is 4.40. The van der Waals surface area contributed by atoms with E-state index >= 15 is 0 Å². The summed E-state index contributed by atoms with van der Waals surface area (Å²) in [4.78, 5) is 0. The van der Waals surface area contributed by atoms with Crippen LogP contribution >= 0.6 is 0 Å². The Hall–Kier alpha value is -0.120. The van der Waals surface area contributed by atoms with Crippen LogP contribution in [0.2, 0.25) is 0 Å². The van der Waals surface area contributed by atoms with E-state index in [1.807, 2.05) is 0 Å². The fraction of sp³-hybridized carbons (Fsp3) is 1.00. The van der Waals surface area contributed by atoms with E-state index in [0.717, 1.165) is 32.4 Å². The lowest BCUT2D eigenvalue weighted by Crippen LogP contribution is -2.44. The van der Waals surface area contributed by atoms with Gasteiger partial charge >= 0.3 is 0 Å². The minimum atomic E-state index is -0.0415. The molecular weight excluding hydrogens is 166 g/mol. The van der Waals surface area contributed by atoms with Gasteiger partial charge in [0.25, 0.3) is 0 Å². The highest BCUT2D eigenvalue weighted by Gasteiger charge is 2.26. The monoisotopic (exact) mass is 185 g/mol. The van der Waals surface area contributed by atoms with Crippen LogP contribution in [0.4, 0.5) is 0 Å². The van der Waals surface area contributed by atoms with Crippen molar-refractivity contribution in [3.05, 3.63) is 0 Å². The number of aliphatic hydroxyl groups excluding tert-OH is 1. The number of nitrogens with one attached hydrogen (secondary N) is 1. The van der Waals surface area contributed by atoms with Gasteiger partial charge in [0.2, 0.25) is 0 Å².